The van der Waals surface area contributed by atoms with E-state index in [0.717, 1.165) is 17.7 Å². The molecule has 2 aromatic carbocycles. The lowest BCUT2D eigenvalue weighted by atomic mass is 9.99. The van der Waals surface area contributed by atoms with Crippen LogP contribution in [0.15, 0.2) is 42.5 Å². The van der Waals surface area contributed by atoms with Crippen LogP contribution in [0.4, 0.5) is 0 Å². The summed E-state index contributed by atoms with van der Waals surface area (Å²) in [4.78, 5) is 0. The molecule has 2 rings (SSSR count). The predicted molar refractivity (Wildman–Crippen MR) is 83.9 cm³/mol. The molecule has 2 aromatic rings. The summed E-state index contributed by atoms with van der Waals surface area (Å²) in [5.74, 6) is 0. The lowest BCUT2D eigenvalue weighted by Gasteiger charge is -2.14. The van der Waals surface area contributed by atoms with Gasteiger partial charge in [-0.15, -0.1) is 0 Å². The van der Waals surface area contributed by atoms with Crippen LogP contribution in [0.3, 0.4) is 0 Å². The van der Waals surface area contributed by atoms with Gasteiger partial charge in [-0.05, 0) is 17.2 Å². The van der Waals surface area contributed by atoms with E-state index in [9.17, 15) is 0 Å². The maximum atomic E-state index is 6.31. The second-order valence-corrected chi connectivity index (χ2v) is 5.58. The van der Waals surface area contributed by atoms with Gasteiger partial charge in [0.05, 0.1) is 10.0 Å². The van der Waals surface area contributed by atoms with E-state index in [4.69, 9.17) is 23.2 Å². The molecule has 1 nitrogen and oxygen atoms in total. The first-order valence-electron chi connectivity index (χ1n) is 6.35. The van der Waals surface area contributed by atoms with Gasteiger partial charge in [0.1, 0.15) is 0 Å². The van der Waals surface area contributed by atoms with Crippen LogP contribution in [0.2, 0.25) is 10.0 Å². The summed E-state index contributed by atoms with van der Waals surface area (Å²) in [6.07, 6.45) is 0. The van der Waals surface area contributed by atoms with E-state index >= 15 is 0 Å². The minimum atomic E-state index is 0.447. The Bertz CT molecular complexity index is 564. The van der Waals surface area contributed by atoms with Gasteiger partial charge in [-0.1, -0.05) is 73.4 Å². The molecule has 0 aliphatic heterocycles. The van der Waals surface area contributed by atoms with Crippen LogP contribution >= 0.6 is 23.2 Å². The van der Waals surface area contributed by atoms with Crippen molar-refractivity contribution in [3.63, 3.8) is 0 Å². The summed E-state index contributed by atoms with van der Waals surface area (Å²) in [6, 6.07) is 14.4. The van der Waals surface area contributed by atoms with Crippen molar-refractivity contribution in [1.82, 2.24) is 5.32 Å². The lowest BCUT2D eigenvalue weighted by molar-refractivity contribution is 0.589. The van der Waals surface area contributed by atoms with Crippen molar-refractivity contribution >= 4 is 23.2 Å². The van der Waals surface area contributed by atoms with Crippen LogP contribution in [0, 0.1) is 0 Å². The average molecular weight is 294 g/mol. The van der Waals surface area contributed by atoms with Crippen LogP contribution < -0.4 is 5.32 Å². The zero-order valence-electron chi connectivity index (χ0n) is 11.1. The molecule has 0 fully saturated rings. The molecule has 19 heavy (non-hydrogen) atoms. The highest BCUT2D eigenvalue weighted by molar-refractivity contribution is 6.43. The van der Waals surface area contributed by atoms with Crippen molar-refractivity contribution in [1.29, 1.82) is 0 Å². The molecule has 0 saturated heterocycles. The molecular weight excluding hydrogens is 277 g/mol. The predicted octanol–water partition coefficient (Wildman–Crippen LogP) is 5.16. The molecule has 0 radical (unpaired) electrons. The van der Waals surface area contributed by atoms with Gasteiger partial charge >= 0.3 is 0 Å². The van der Waals surface area contributed by atoms with Gasteiger partial charge < -0.3 is 5.32 Å². The van der Waals surface area contributed by atoms with E-state index in [1.54, 1.807) is 0 Å². The minimum absolute atomic E-state index is 0.447. The number of hydrogen-bond donors (Lipinski definition) is 1. The molecule has 100 valence electrons. The fourth-order valence-electron chi connectivity index (χ4n) is 1.96. The molecule has 0 aliphatic carbocycles. The van der Waals surface area contributed by atoms with Crippen molar-refractivity contribution in [2.45, 2.75) is 26.4 Å². The Kier molecular flexibility index (Phi) is 4.87. The highest BCUT2D eigenvalue weighted by Crippen LogP contribution is 2.35. The summed E-state index contributed by atoms with van der Waals surface area (Å²) in [5.41, 5.74) is 3.33. The summed E-state index contributed by atoms with van der Waals surface area (Å²) >= 11 is 12.4. The molecule has 0 unspecified atom stereocenters. The molecule has 3 heteroatoms. The van der Waals surface area contributed by atoms with Crippen molar-refractivity contribution in [2.24, 2.45) is 0 Å². The highest BCUT2D eigenvalue weighted by Gasteiger charge is 2.10. The molecule has 0 saturated carbocycles. The molecule has 0 heterocycles. The number of halogens is 2. The first kappa shape index (κ1) is 14.4. The van der Waals surface area contributed by atoms with Crippen molar-refractivity contribution in [3.8, 4) is 11.1 Å². The zero-order chi connectivity index (χ0) is 13.8. The molecule has 0 amide bonds. The highest BCUT2D eigenvalue weighted by atomic mass is 35.5. The molecule has 0 spiro atoms. The van der Waals surface area contributed by atoms with Gasteiger partial charge in [0.25, 0.3) is 0 Å². The van der Waals surface area contributed by atoms with Crippen molar-refractivity contribution in [2.75, 3.05) is 0 Å². The molecule has 0 bridgehead atoms. The first-order valence-corrected chi connectivity index (χ1v) is 7.11. The Morgan fingerprint density at radius 2 is 1.63 bits per heavy atom. The second-order valence-electron chi connectivity index (χ2n) is 4.79. The van der Waals surface area contributed by atoms with Gasteiger partial charge in [-0.2, -0.15) is 0 Å². The number of rotatable bonds is 4. The largest absolute Gasteiger partial charge is 0.310 e. The van der Waals surface area contributed by atoms with Gasteiger partial charge in [0.15, 0.2) is 0 Å². The minimum Gasteiger partial charge on any atom is -0.310 e. The lowest BCUT2D eigenvalue weighted by Crippen LogP contribution is -2.22. The first-order chi connectivity index (χ1) is 9.09. The maximum Gasteiger partial charge on any atom is 0.0670 e. The average Bonchev–Trinajstić information content (AvgIpc) is 2.40. The van der Waals surface area contributed by atoms with E-state index in [1.165, 1.54) is 5.56 Å². The molecule has 0 atom stereocenters. The van der Waals surface area contributed by atoms with Gasteiger partial charge in [-0.25, -0.2) is 0 Å². The SMILES string of the molecule is CC(C)NCc1ccccc1-c1cccc(Cl)c1Cl. The topological polar surface area (TPSA) is 12.0 Å². The zero-order valence-corrected chi connectivity index (χ0v) is 12.6. The van der Waals surface area contributed by atoms with Crippen LogP contribution in [-0.4, -0.2) is 6.04 Å². The third kappa shape index (κ3) is 3.50. The Balaban J connectivity index is 2.41. The summed E-state index contributed by atoms with van der Waals surface area (Å²) in [7, 11) is 0. The fourth-order valence-corrected chi connectivity index (χ4v) is 2.37. The van der Waals surface area contributed by atoms with Crippen molar-refractivity contribution < 1.29 is 0 Å². The number of benzene rings is 2. The second kappa shape index (κ2) is 6.42. The van der Waals surface area contributed by atoms with Gasteiger partial charge in [-0.3, -0.25) is 0 Å². The Hall–Kier alpha value is -1.02. The third-order valence-electron chi connectivity index (χ3n) is 2.96. The maximum absolute atomic E-state index is 6.31. The summed E-state index contributed by atoms with van der Waals surface area (Å²) in [6.45, 7) is 5.08. The van der Waals surface area contributed by atoms with E-state index in [1.807, 2.05) is 30.3 Å². The smallest absolute Gasteiger partial charge is 0.0670 e. The summed E-state index contributed by atoms with van der Waals surface area (Å²) < 4.78 is 0. The number of nitrogens with one attached hydrogen (secondary N) is 1. The van der Waals surface area contributed by atoms with Crippen LogP contribution in [0.25, 0.3) is 11.1 Å². The standard InChI is InChI=1S/C16H17Cl2N/c1-11(2)19-10-12-6-3-4-7-13(12)14-8-5-9-15(17)16(14)18/h3-9,11,19H,10H2,1-2H3. The molecule has 0 aliphatic rings. The summed E-state index contributed by atoms with van der Waals surface area (Å²) in [5, 5.41) is 4.63. The quantitative estimate of drug-likeness (QED) is 0.821. The van der Waals surface area contributed by atoms with E-state index < -0.39 is 0 Å². The Labute approximate surface area is 124 Å². The number of hydrogen-bond acceptors (Lipinski definition) is 1. The Morgan fingerprint density at radius 1 is 0.947 bits per heavy atom. The molecule has 0 aromatic heterocycles. The Morgan fingerprint density at radius 3 is 2.37 bits per heavy atom. The molecule has 1 N–H and O–H groups in total. The van der Waals surface area contributed by atoms with Crippen LogP contribution in [-0.2, 0) is 6.54 Å². The van der Waals surface area contributed by atoms with E-state index in [0.29, 0.717) is 16.1 Å². The monoisotopic (exact) mass is 293 g/mol. The van der Waals surface area contributed by atoms with Crippen LogP contribution in [0.5, 0.6) is 0 Å². The molecular formula is C16H17Cl2N. The third-order valence-corrected chi connectivity index (χ3v) is 3.78. The van der Waals surface area contributed by atoms with Gasteiger partial charge in [0.2, 0.25) is 0 Å². The van der Waals surface area contributed by atoms with Gasteiger partial charge in [0, 0.05) is 18.2 Å². The normalized spacial score (nSPS) is 11.0. The van der Waals surface area contributed by atoms with E-state index in [2.05, 4.69) is 31.3 Å². The fraction of sp³-hybridized carbons (Fsp3) is 0.250. The van der Waals surface area contributed by atoms with Crippen molar-refractivity contribution in [3.05, 3.63) is 58.1 Å². The van der Waals surface area contributed by atoms with Crippen LogP contribution in [0.1, 0.15) is 19.4 Å². The van der Waals surface area contributed by atoms with E-state index in [-0.39, 0.29) is 0 Å².